The average Bonchev–Trinajstić information content (AvgIpc) is 1.64. The molecular formula is C76H91Cl3N8O9S5. The van der Waals surface area contributed by atoms with Crippen LogP contribution in [0.25, 0.3) is 66.5 Å². The van der Waals surface area contributed by atoms with E-state index in [0.717, 1.165) is 110 Å². The fraction of sp³-hybridized carbons (Fsp3) is 0.368. The third-order valence-corrected chi connectivity index (χ3v) is 19.2. The van der Waals surface area contributed by atoms with Crippen LogP contribution in [0.5, 0.6) is 0 Å². The Labute approximate surface area is 635 Å². The van der Waals surface area contributed by atoms with E-state index in [-0.39, 0.29) is 40.5 Å². The molecule has 0 bridgehead atoms. The van der Waals surface area contributed by atoms with Crippen molar-refractivity contribution in [3.63, 3.8) is 0 Å². The Bertz CT molecular complexity index is 4750. The minimum absolute atomic E-state index is 0. The van der Waals surface area contributed by atoms with Crippen molar-refractivity contribution in [2.45, 2.75) is 173 Å². The Hall–Kier alpha value is -6.80. The molecule has 0 aliphatic heterocycles. The number of carboxylic acids is 1. The number of hydrogen-bond acceptors (Lipinski definition) is 15. The number of carbonyl (C=O) groups is 3. The van der Waals surface area contributed by atoms with E-state index in [4.69, 9.17) is 73.4 Å². The standard InChI is InChI=1S/C27H30ClN3O3S.C26H28ClN3O3S.C23H27ClN2O3.3H2S/c1-15-17(3)31(13-20-12-29-14-35-20)25-21(15)23(18-8-10-19(28)11-9-18)22(16(2)30-25)24(26(32)33-7)34-27(4,5)6;1-14-16(3)30(12-19-11-28-13-34-19)24-20(14)22(17-7-9-18(27)10-8-17)21(15(2)29-24)23(25(31)32)33-26(4,5)6;1-12-13(2)25-21-17(12)19(15-8-10-16(24)11-9-15)18(14(3)26-21)20(22(27)28-7)29-23(4,5)6;;;/h8-12,14,24H,13H2,1-7H3;7-11,13,23H,12H2,1-6H3,(H,31,32);8-11,20H,1-7H3,(H,25,26);3*1H2/t24-;23-;20-;;;/m000.../s1. The van der Waals surface area contributed by atoms with Crippen LogP contribution in [0.15, 0.2) is 96.2 Å². The monoisotopic (exact) mass is 1520 g/mol. The van der Waals surface area contributed by atoms with Crippen LogP contribution < -0.4 is 0 Å². The zero-order valence-corrected chi connectivity index (χ0v) is 67.6. The van der Waals surface area contributed by atoms with Gasteiger partial charge in [-0.3, -0.25) is 9.97 Å². The van der Waals surface area contributed by atoms with Crippen LogP contribution in [0.1, 0.15) is 158 Å². The third-order valence-electron chi connectivity index (χ3n) is 16.9. The van der Waals surface area contributed by atoms with Crippen LogP contribution in [-0.4, -0.2) is 93.1 Å². The Kier molecular flexibility index (Phi) is 27.8. The zero-order valence-electron chi connectivity index (χ0n) is 60.7. The van der Waals surface area contributed by atoms with Gasteiger partial charge in [-0.05, 0) is 194 Å². The van der Waals surface area contributed by atoms with E-state index in [1.165, 1.54) is 14.2 Å². The molecular weight excluding hydrogens is 1440 g/mol. The smallest absolute Gasteiger partial charge is 0.339 e. The van der Waals surface area contributed by atoms with Crippen molar-refractivity contribution >= 4 is 149 Å². The van der Waals surface area contributed by atoms with E-state index < -0.39 is 53.0 Å². The SMILES string of the molecule is COC(=O)[C@@H](OC(C)(C)C)c1c(C)nc2[nH]c(C)c(C)c2c1-c1ccc(Cl)cc1.COC(=O)[C@@H](OC(C)(C)C)c1c(C)nc2c(c(C)c(C)n2Cc2cncs2)c1-c1ccc(Cl)cc1.Cc1nc2c(c(C)c(C)n2Cc2cncs2)c(-c2ccc(Cl)cc2)c1[C@H](OC(C)(C)C)C(=O)O.S.S.S. The maximum absolute atomic E-state index is 13.1. The fourth-order valence-corrected chi connectivity index (χ4v) is 13.8. The van der Waals surface area contributed by atoms with E-state index >= 15 is 0 Å². The summed E-state index contributed by atoms with van der Waals surface area (Å²) < 4.78 is 33.3. The van der Waals surface area contributed by atoms with Gasteiger partial charge in [0.05, 0.1) is 55.1 Å². The summed E-state index contributed by atoms with van der Waals surface area (Å²) in [6.07, 6.45) is 0.734. The number of hydrogen-bond donors (Lipinski definition) is 2. The lowest BCUT2D eigenvalue weighted by Crippen LogP contribution is -2.29. The van der Waals surface area contributed by atoms with Crippen LogP contribution in [0, 0.1) is 62.3 Å². The van der Waals surface area contributed by atoms with Gasteiger partial charge >= 0.3 is 17.9 Å². The molecule has 11 aromatic rings. The molecule has 3 atom stereocenters. The second kappa shape index (κ2) is 33.8. The highest BCUT2D eigenvalue weighted by Gasteiger charge is 2.38. The van der Waals surface area contributed by atoms with Crippen molar-refractivity contribution < 1.29 is 43.2 Å². The maximum Gasteiger partial charge on any atom is 0.339 e. The number of aliphatic carboxylic acids is 1. The highest BCUT2D eigenvalue weighted by molar-refractivity contribution is 7.59. The predicted octanol–water partition coefficient (Wildman–Crippen LogP) is 19.7. The third kappa shape index (κ3) is 18.6. The minimum atomic E-state index is -1.17. The van der Waals surface area contributed by atoms with Crippen molar-refractivity contribution in [3.05, 3.63) is 189 Å². The van der Waals surface area contributed by atoms with Gasteiger partial charge in [-0.15, -0.1) is 22.7 Å². The number of pyridine rings is 3. The molecule has 0 fully saturated rings. The van der Waals surface area contributed by atoms with Gasteiger partial charge in [0.2, 0.25) is 0 Å². The lowest BCUT2D eigenvalue weighted by molar-refractivity contribution is -0.164. The van der Waals surface area contributed by atoms with Crippen LogP contribution in [0.3, 0.4) is 0 Å². The van der Waals surface area contributed by atoms with Gasteiger partial charge in [-0.2, -0.15) is 40.5 Å². The number of esters is 2. The average molecular weight is 1530 g/mol. The number of aryl methyl sites for hydroxylation is 7. The second-order valence-corrected chi connectivity index (χ2v) is 30.5. The first-order valence-electron chi connectivity index (χ1n) is 32.0. The molecule has 8 heterocycles. The molecule has 0 aliphatic rings. The van der Waals surface area contributed by atoms with Crippen molar-refractivity contribution in [3.8, 4) is 33.4 Å². The Morgan fingerprint density at radius 3 is 1.11 bits per heavy atom. The van der Waals surface area contributed by atoms with Gasteiger partial charge in [-0.25, -0.2) is 29.3 Å². The molecule has 0 amide bonds. The molecule has 540 valence electrons. The van der Waals surface area contributed by atoms with Crippen molar-refractivity contribution in [1.82, 2.24) is 39.0 Å². The van der Waals surface area contributed by atoms with Crippen molar-refractivity contribution in [2.75, 3.05) is 14.2 Å². The summed E-state index contributed by atoms with van der Waals surface area (Å²) in [5.41, 5.74) is 20.2. The molecule has 2 N–H and O–H groups in total. The number of nitrogens with zero attached hydrogens (tertiary/aromatic N) is 7. The van der Waals surface area contributed by atoms with Crippen molar-refractivity contribution in [2.24, 2.45) is 0 Å². The summed E-state index contributed by atoms with van der Waals surface area (Å²) >= 11 is 21.8. The first-order chi connectivity index (χ1) is 46.0. The number of halogens is 3. The highest BCUT2D eigenvalue weighted by Crippen LogP contribution is 2.46. The Balaban J connectivity index is 0.000000236. The number of methoxy groups -OCH3 is 2. The number of aromatic amines is 1. The number of benzene rings is 3. The molecule has 17 nitrogen and oxygen atoms in total. The number of aromatic nitrogens is 8. The second-order valence-electron chi connectivity index (χ2n) is 27.2. The van der Waals surface area contributed by atoms with Crippen LogP contribution in [0.4, 0.5) is 0 Å². The van der Waals surface area contributed by atoms with Crippen molar-refractivity contribution in [1.29, 1.82) is 0 Å². The molecule has 25 heteroatoms. The number of carbonyl (C=O) groups excluding carboxylic acids is 2. The van der Waals surface area contributed by atoms with Crippen LogP contribution in [0.2, 0.25) is 15.1 Å². The number of fused-ring (bicyclic) bond motifs is 3. The molecule has 0 saturated carbocycles. The van der Waals surface area contributed by atoms with Gasteiger partial charge in [0.1, 0.15) is 16.9 Å². The summed E-state index contributed by atoms with van der Waals surface area (Å²) in [5.74, 6) is -1.96. The number of ether oxygens (including phenoxy) is 5. The molecule has 101 heavy (non-hydrogen) atoms. The molecule has 11 rings (SSSR count). The van der Waals surface area contributed by atoms with E-state index in [2.05, 4.69) is 51.8 Å². The summed E-state index contributed by atoms with van der Waals surface area (Å²) in [5, 5.41) is 15.0. The van der Waals surface area contributed by atoms with Gasteiger partial charge in [0, 0.05) is 121 Å². The number of rotatable bonds is 16. The lowest BCUT2D eigenvalue weighted by atomic mass is 9.91. The molecule has 3 aromatic carbocycles. The topological polar surface area (TPSA) is 208 Å². The summed E-state index contributed by atoms with van der Waals surface area (Å²) in [7, 11) is 2.75. The Morgan fingerprint density at radius 1 is 0.485 bits per heavy atom. The predicted molar refractivity (Wildman–Crippen MR) is 426 cm³/mol. The first kappa shape index (κ1) is 83.1. The van der Waals surface area contributed by atoms with Gasteiger partial charge in [0.15, 0.2) is 18.3 Å². The van der Waals surface area contributed by atoms with E-state index in [1.807, 2.05) is 193 Å². The first-order valence-corrected chi connectivity index (χ1v) is 34.9. The Morgan fingerprint density at radius 2 is 0.802 bits per heavy atom. The molecule has 0 spiro atoms. The maximum atomic E-state index is 13.1. The van der Waals surface area contributed by atoms with E-state index in [0.29, 0.717) is 61.9 Å². The number of carboxylic acid groups (broad SMARTS) is 1. The number of thiazole rings is 2. The normalized spacial score (nSPS) is 12.5. The van der Waals surface area contributed by atoms with Crippen LogP contribution in [-0.2, 0) is 51.2 Å². The van der Waals surface area contributed by atoms with E-state index in [9.17, 15) is 19.5 Å². The highest BCUT2D eigenvalue weighted by atomic mass is 35.5. The van der Waals surface area contributed by atoms with Gasteiger partial charge < -0.3 is 42.9 Å². The van der Waals surface area contributed by atoms with Gasteiger partial charge in [-0.1, -0.05) is 71.2 Å². The fourth-order valence-electron chi connectivity index (χ4n) is 12.2. The molecule has 0 radical (unpaired) electrons. The molecule has 0 aliphatic carbocycles. The summed E-state index contributed by atoms with van der Waals surface area (Å²) in [6, 6.07) is 22.7. The number of nitrogens with one attached hydrogen (secondary N) is 1. The molecule has 0 unspecified atom stereocenters. The minimum Gasteiger partial charge on any atom is -0.479 e. The summed E-state index contributed by atoms with van der Waals surface area (Å²) in [4.78, 5) is 67.2. The largest absolute Gasteiger partial charge is 0.479 e. The quantitative estimate of drug-likeness (QED) is 0.0863. The lowest BCUT2D eigenvalue weighted by Gasteiger charge is -2.28. The van der Waals surface area contributed by atoms with Crippen LogP contribution >= 0.6 is 98.0 Å². The molecule has 0 saturated heterocycles. The van der Waals surface area contributed by atoms with Gasteiger partial charge in [0.25, 0.3) is 0 Å². The van der Waals surface area contributed by atoms with E-state index in [1.54, 1.807) is 22.7 Å². The number of H-pyrrole nitrogens is 1. The molecule has 8 aromatic heterocycles. The zero-order chi connectivity index (χ0) is 71.8. The summed E-state index contributed by atoms with van der Waals surface area (Å²) in [6.45, 7) is 36.4.